The van der Waals surface area contributed by atoms with E-state index in [0.29, 0.717) is 34.9 Å². The zero-order chi connectivity index (χ0) is 85.7. The Morgan fingerprint density at radius 1 is 0.108 bits per heavy atom. The first-order valence-corrected chi connectivity index (χ1v) is 44.0. The summed E-state index contributed by atoms with van der Waals surface area (Å²) in [5, 5.41) is 24.1. The average molecular weight is 1660 g/mol. The van der Waals surface area contributed by atoms with Gasteiger partial charge in [-0.15, -0.1) is 0 Å². The van der Waals surface area contributed by atoms with Gasteiger partial charge in [-0.2, -0.15) is 0 Å². The van der Waals surface area contributed by atoms with Crippen LogP contribution in [-0.4, -0.2) is 29.9 Å². The lowest BCUT2D eigenvalue weighted by Crippen LogP contribution is -2.00. The molecule has 0 atom stereocenters. The highest BCUT2D eigenvalue weighted by molar-refractivity contribution is 6.29. The van der Waals surface area contributed by atoms with Gasteiger partial charge >= 0.3 is 0 Å². The minimum Gasteiger partial charge on any atom is -0.455 e. The van der Waals surface area contributed by atoms with Gasteiger partial charge in [0.1, 0.15) is 22.3 Å². The Kier molecular flexibility index (Phi) is 18.1. The van der Waals surface area contributed by atoms with Crippen molar-refractivity contribution in [2.24, 2.45) is 0 Å². The Balaban J connectivity index is 0.000000140. The lowest BCUT2D eigenvalue weighted by atomic mass is 9.90. The van der Waals surface area contributed by atoms with Crippen LogP contribution in [0.5, 0.6) is 0 Å². The molecule has 4 aromatic heterocycles. The van der Waals surface area contributed by atoms with Crippen molar-refractivity contribution in [3.8, 4) is 135 Å². The molecule has 0 saturated carbocycles. The van der Waals surface area contributed by atoms with E-state index in [4.69, 9.17) is 38.7 Å². The fourth-order valence-electron chi connectivity index (χ4n) is 19.5. The van der Waals surface area contributed by atoms with Crippen LogP contribution in [0.3, 0.4) is 0 Å². The lowest BCUT2D eigenvalue weighted by Gasteiger charge is -2.13. The van der Waals surface area contributed by atoms with Crippen LogP contribution in [0.15, 0.2) is 458 Å². The van der Waals surface area contributed by atoms with E-state index in [1.54, 1.807) is 0 Å². The van der Waals surface area contributed by atoms with Crippen molar-refractivity contribution in [2.45, 2.75) is 0 Å². The van der Waals surface area contributed by atoms with Crippen LogP contribution in [0.4, 0.5) is 0 Å². The second kappa shape index (κ2) is 31.3. The first-order chi connectivity index (χ1) is 64.4. The number of para-hydroxylation sites is 2. The number of aromatic nitrogens is 6. The fraction of sp³-hybridized carbons (Fsp3) is 0. The minimum atomic E-state index is 0.612. The third-order valence-corrected chi connectivity index (χ3v) is 25.8. The van der Waals surface area contributed by atoms with Crippen LogP contribution < -0.4 is 0 Å². The molecule has 130 heavy (non-hydrogen) atoms. The molecule has 0 radical (unpaired) electrons. The molecule has 4 heterocycles. The molecule has 22 aromatic carbocycles. The van der Waals surface area contributed by atoms with Crippen molar-refractivity contribution in [3.05, 3.63) is 449 Å². The van der Waals surface area contributed by atoms with Crippen LogP contribution in [-0.2, 0) is 0 Å². The molecule has 0 aliphatic carbocycles. The third kappa shape index (κ3) is 13.1. The second-order valence-corrected chi connectivity index (χ2v) is 33.4. The summed E-state index contributed by atoms with van der Waals surface area (Å²) in [6.07, 6.45) is 0. The number of hydrogen-bond donors (Lipinski definition) is 0. The standard InChI is InChI=1S/2C61H37N3O/c1-3-15-38(16-4-1)42-19-13-20-44(35-42)61-63-59(40-17-5-2-6-18-40)62-60(64-61)41-31-29-39(30-32-41)45-27-14-28-53-56-37-54(50-25-11-12-26-52(50)58(56)65-57(45)53)43-33-34-51-48-23-8-7-21-46(48)47-22-9-10-24-49(47)55(51)36-43;1-3-14-38(15-4-1)39-26-30-42(31-27-39)60-62-59(41-16-5-2-6-17-41)63-61(64-60)43-32-28-40(29-33-43)45-24-13-25-53-56-37-54(50-22-11-12-23-52(50)58(56)65-57(45)53)44-34-35-51-48-20-8-7-18-46(48)47-19-9-10-21-49(47)55(51)36-44/h2*1-37H. The van der Waals surface area contributed by atoms with E-state index >= 15 is 0 Å². The molecule has 0 N–H and O–H groups in total. The topological polar surface area (TPSA) is 104 Å². The summed E-state index contributed by atoms with van der Waals surface area (Å²) in [4.78, 5) is 30.1. The molecule has 0 aliphatic rings. The monoisotopic (exact) mass is 1650 g/mol. The maximum Gasteiger partial charge on any atom is 0.164 e. The predicted molar refractivity (Wildman–Crippen MR) is 539 cm³/mol. The highest BCUT2D eigenvalue weighted by Crippen LogP contribution is 2.49. The predicted octanol–water partition coefficient (Wildman–Crippen LogP) is 32.8. The maximum absolute atomic E-state index is 6.97. The van der Waals surface area contributed by atoms with E-state index in [1.165, 1.54) is 92.5 Å². The average Bonchev–Trinajstić information content (AvgIpc) is 1.64. The van der Waals surface area contributed by atoms with Gasteiger partial charge in [-0.1, -0.05) is 419 Å². The quantitative estimate of drug-likeness (QED) is 0.111. The summed E-state index contributed by atoms with van der Waals surface area (Å²) in [6, 6.07) is 159. The summed E-state index contributed by atoms with van der Waals surface area (Å²) in [6.45, 7) is 0. The van der Waals surface area contributed by atoms with Crippen molar-refractivity contribution in [2.75, 3.05) is 0 Å². The molecule has 0 fully saturated rings. The largest absolute Gasteiger partial charge is 0.455 e. The number of rotatable bonds is 12. The Morgan fingerprint density at radius 3 is 0.692 bits per heavy atom. The molecule has 604 valence electrons. The van der Waals surface area contributed by atoms with Gasteiger partial charge in [-0.05, 0) is 161 Å². The van der Waals surface area contributed by atoms with Gasteiger partial charge in [0.05, 0.1) is 0 Å². The van der Waals surface area contributed by atoms with Gasteiger partial charge in [0.2, 0.25) is 0 Å². The van der Waals surface area contributed by atoms with Gasteiger partial charge in [-0.25, -0.2) is 29.9 Å². The molecule has 0 aliphatic heterocycles. The molecule has 0 saturated heterocycles. The van der Waals surface area contributed by atoms with Crippen molar-refractivity contribution < 1.29 is 8.83 Å². The summed E-state index contributed by atoms with van der Waals surface area (Å²) >= 11 is 0. The van der Waals surface area contributed by atoms with Gasteiger partial charge in [0, 0.05) is 76.8 Å². The molecule has 0 bridgehead atoms. The van der Waals surface area contributed by atoms with Crippen LogP contribution in [0.1, 0.15) is 0 Å². The SMILES string of the molecule is c1ccc(-c2ccc(-c3nc(-c4ccccc4)nc(-c4ccc(-c5cccc6c5oc5c7ccccc7c(-c7ccc8c9ccccc9c9ccccc9c8c7)cc65)cc4)n3)cc2)cc1.c1ccc(-c2cccc(-c3nc(-c4ccccc4)nc(-c4ccc(-c5cccc6c5oc5c7ccccc7c(-c7ccc8c9ccccc9c9ccccc9c8c7)cc65)cc4)n3)c2)cc1. The van der Waals surface area contributed by atoms with Crippen LogP contribution in [0.2, 0.25) is 0 Å². The summed E-state index contributed by atoms with van der Waals surface area (Å²) in [7, 11) is 0. The number of hydrogen-bond acceptors (Lipinski definition) is 8. The Hall–Kier alpha value is -17.5. The number of furan rings is 2. The van der Waals surface area contributed by atoms with Crippen LogP contribution in [0, 0.1) is 0 Å². The first-order valence-electron chi connectivity index (χ1n) is 44.0. The number of nitrogens with zero attached hydrogens (tertiary/aromatic N) is 6. The summed E-state index contributed by atoms with van der Waals surface area (Å²) in [5.74, 6) is 3.74. The smallest absolute Gasteiger partial charge is 0.164 e. The van der Waals surface area contributed by atoms with E-state index in [0.717, 1.165) is 138 Å². The normalized spacial score (nSPS) is 11.7. The van der Waals surface area contributed by atoms with E-state index in [9.17, 15) is 0 Å². The zero-order valence-corrected chi connectivity index (χ0v) is 70.2. The molecule has 8 heteroatoms. The number of benzene rings is 22. The minimum absolute atomic E-state index is 0.612. The first kappa shape index (κ1) is 75.1. The number of fused-ring (bicyclic) bond motifs is 22. The molecule has 0 amide bonds. The second-order valence-electron chi connectivity index (χ2n) is 33.4. The van der Waals surface area contributed by atoms with Gasteiger partial charge < -0.3 is 8.83 Å². The van der Waals surface area contributed by atoms with Gasteiger partial charge in [0.15, 0.2) is 34.9 Å². The third-order valence-electron chi connectivity index (χ3n) is 25.8. The van der Waals surface area contributed by atoms with Gasteiger partial charge in [-0.3, -0.25) is 0 Å². The van der Waals surface area contributed by atoms with Crippen molar-refractivity contribution >= 4 is 130 Å². The molecule has 0 unspecified atom stereocenters. The highest BCUT2D eigenvalue weighted by atomic mass is 16.3. The van der Waals surface area contributed by atoms with Crippen molar-refractivity contribution in [3.63, 3.8) is 0 Å². The maximum atomic E-state index is 6.97. The van der Waals surface area contributed by atoms with Crippen LogP contribution >= 0.6 is 0 Å². The van der Waals surface area contributed by atoms with E-state index in [1.807, 2.05) is 72.8 Å². The lowest BCUT2D eigenvalue weighted by molar-refractivity contribution is 0.673. The Morgan fingerprint density at radius 2 is 0.331 bits per heavy atom. The molecule has 8 nitrogen and oxygen atoms in total. The summed E-state index contributed by atoms with van der Waals surface area (Å²) < 4.78 is 13.9. The zero-order valence-electron chi connectivity index (χ0n) is 70.2. The molecular formula is C122H74N6O2. The molecule has 26 aromatic rings. The van der Waals surface area contributed by atoms with E-state index < -0.39 is 0 Å². The van der Waals surface area contributed by atoms with Crippen LogP contribution in [0.25, 0.3) is 265 Å². The van der Waals surface area contributed by atoms with E-state index in [2.05, 4.69) is 376 Å². The molecule has 0 spiro atoms. The highest BCUT2D eigenvalue weighted by Gasteiger charge is 2.24. The molecule has 26 rings (SSSR count). The van der Waals surface area contributed by atoms with Crippen molar-refractivity contribution in [1.82, 2.24) is 29.9 Å². The van der Waals surface area contributed by atoms with Crippen molar-refractivity contribution in [1.29, 1.82) is 0 Å². The van der Waals surface area contributed by atoms with Gasteiger partial charge in [0.25, 0.3) is 0 Å². The fourth-order valence-corrected chi connectivity index (χ4v) is 19.5. The molecular weight excluding hydrogens is 1580 g/mol. The Labute approximate surface area is 747 Å². The van der Waals surface area contributed by atoms with E-state index in [-0.39, 0.29) is 0 Å². The summed E-state index contributed by atoms with van der Waals surface area (Å²) in [5.41, 5.74) is 22.5. The Bertz CT molecular complexity index is 8940.